The van der Waals surface area contributed by atoms with Crippen molar-refractivity contribution in [1.82, 2.24) is 15.0 Å². The molecule has 6 heteroatoms. The quantitative estimate of drug-likeness (QED) is 0.788. The monoisotopic (exact) mass is 338 g/mol. The van der Waals surface area contributed by atoms with E-state index in [4.69, 9.17) is 0 Å². The average molecular weight is 338 g/mol. The van der Waals surface area contributed by atoms with Crippen molar-refractivity contribution < 1.29 is 9.18 Å². The molecule has 0 aliphatic carbocycles. The molecule has 3 aromatic rings. The molecule has 1 aromatic heterocycles. The first-order valence-corrected chi connectivity index (χ1v) is 7.94. The van der Waals surface area contributed by atoms with Gasteiger partial charge in [-0.1, -0.05) is 17.7 Å². The standard InChI is InChI=1S/C19H19FN4O/c1-11-5-8-17(13(3)9-11)24-22-14(4)18(23-24)19(25)21-16-7-6-15(20)10-12(16)2/h5-10H,1-4H3,(H,21,25). The molecule has 1 heterocycles. The Hall–Kier alpha value is -3.02. The van der Waals surface area contributed by atoms with Crippen LogP contribution in [-0.4, -0.2) is 20.9 Å². The van der Waals surface area contributed by atoms with E-state index in [1.165, 1.54) is 23.0 Å². The third kappa shape index (κ3) is 3.42. The third-order valence-electron chi connectivity index (χ3n) is 4.00. The summed E-state index contributed by atoms with van der Waals surface area (Å²) in [5.41, 5.74) is 4.96. The van der Waals surface area contributed by atoms with Crippen LogP contribution in [0.25, 0.3) is 5.69 Å². The molecule has 3 rings (SSSR count). The number of aryl methyl sites for hydroxylation is 4. The maximum atomic E-state index is 13.2. The zero-order valence-corrected chi connectivity index (χ0v) is 14.6. The summed E-state index contributed by atoms with van der Waals surface area (Å²) in [7, 11) is 0. The largest absolute Gasteiger partial charge is 0.320 e. The van der Waals surface area contributed by atoms with Gasteiger partial charge in [0.15, 0.2) is 5.69 Å². The zero-order chi connectivity index (χ0) is 18.1. The minimum absolute atomic E-state index is 0.240. The molecule has 0 unspecified atom stereocenters. The topological polar surface area (TPSA) is 59.8 Å². The second-order valence-corrected chi connectivity index (χ2v) is 6.13. The molecule has 2 aromatic carbocycles. The first-order chi connectivity index (χ1) is 11.8. The number of halogens is 1. The summed E-state index contributed by atoms with van der Waals surface area (Å²) in [5.74, 6) is -0.712. The lowest BCUT2D eigenvalue weighted by atomic mass is 10.1. The number of anilines is 1. The maximum absolute atomic E-state index is 13.2. The molecular formula is C19H19FN4O. The summed E-state index contributed by atoms with van der Waals surface area (Å²) in [6.45, 7) is 7.46. The van der Waals surface area contributed by atoms with E-state index >= 15 is 0 Å². The number of aromatic nitrogens is 3. The fourth-order valence-corrected chi connectivity index (χ4v) is 2.67. The zero-order valence-electron chi connectivity index (χ0n) is 14.6. The van der Waals surface area contributed by atoms with Crippen molar-refractivity contribution in [3.05, 3.63) is 70.3 Å². The van der Waals surface area contributed by atoms with Gasteiger partial charge in [-0.05, 0) is 63.1 Å². The average Bonchev–Trinajstić information content (AvgIpc) is 2.91. The minimum atomic E-state index is -0.372. The van der Waals surface area contributed by atoms with E-state index in [0.29, 0.717) is 16.9 Å². The molecule has 0 atom stereocenters. The van der Waals surface area contributed by atoms with Gasteiger partial charge in [0.25, 0.3) is 5.91 Å². The van der Waals surface area contributed by atoms with Crippen LogP contribution >= 0.6 is 0 Å². The lowest BCUT2D eigenvalue weighted by Gasteiger charge is -2.07. The highest BCUT2D eigenvalue weighted by atomic mass is 19.1. The molecule has 0 radical (unpaired) electrons. The Morgan fingerprint density at radius 1 is 1.00 bits per heavy atom. The van der Waals surface area contributed by atoms with Gasteiger partial charge in [-0.2, -0.15) is 9.90 Å². The number of hydrogen-bond donors (Lipinski definition) is 1. The number of carbonyl (C=O) groups excluding carboxylic acids is 1. The van der Waals surface area contributed by atoms with Gasteiger partial charge in [0.2, 0.25) is 0 Å². The second-order valence-electron chi connectivity index (χ2n) is 6.13. The normalized spacial score (nSPS) is 10.8. The summed E-state index contributed by atoms with van der Waals surface area (Å²) in [6, 6.07) is 10.2. The van der Waals surface area contributed by atoms with Crippen LogP contribution in [0.5, 0.6) is 0 Å². The van der Waals surface area contributed by atoms with E-state index in [0.717, 1.165) is 16.8 Å². The van der Waals surface area contributed by atoms with Gasteiger partial charge in [0.05, 0.1) is 11.4 Å². The number of amides is 1. The van der Waals surface area contributed by atoms with Gasteiger partial charge in [0.1, 0.15) is 5.82 Å². The number of rotatable bonds is 3. The highest BCUT2D eigenvalue weighted by Gasteiger charge is 2.18. The Labute approximate surface area is 145 Å². The van der Waals surface area contributed by atoms with Gasteiger partial charge >= 0.3 is 0 Å². The number of benzene rings is 2. The van der Waals surface area contributed by atoms with Gasteiger partial charge in [-0.3, -0.25) is 4.79 Å². The summed E-state index contributed by atoms with van der Waals surface area (Å²) in [5, 5.41) is 11.5. The molecule has 5 nitrogen and oxygen atoms in total. The van der Waals surface area contributed by atoms with Crippen LogP contribution in [0.1, 0.15) is 32.9 Å². The highest BCUT2D eigenvalue weighted by molar-refractivity contribution is 6.03. The lowest BCUT2D eigenvalue weighted by Crippen LogP contribution is -2.15. The first kappa shape index (κ1) is 16.8. The van der Waals surface area contributed by atoms with Crippen LogP contribution in [-0.2, 0) is 0 Å². The van der Waals surface area contributed by atoms with Gasteiger partial charge in [0, 0.05) is 5.69 Å². The highest BCUT2D eigenvalue weighted by Crippen LogP contribution is 2.18. The molecule has 0 saturated carbocycles. The molecule has 0 aliphatic heterocycles. The van der Waals surface area contributed by atoms with Crippen molar-refractivity contribution >= 4 is 11.6 Å². The van der Waals surface area contributed by atoms with Gasteiger partial charge < -0.3 is 5.32 Å². The Bertz CT molecular complexity index is 962. The predicted molar refractivity (Wildman–Crippen MR) is 94.7 cm³/mol. The Morgan fingerprint density at radius 3 is 2.44 bits per heavy atom. The van der Waals surface area contributed by atoms with Gasteiger partial charge in [-0.25, -0.2) is 4.39 Å². The fourth-order valence-electron chi connectivity index (χ4n) is 2.67. The van der Waals surface area contributed by atoms with Gasteiger partial charge in [-0.15, -0.1) is 5.10 Å². The van der Waals surface area contributed by atoms with Crippen LogP contribution in [0.3, 0.4) is 0 Å². The van der Waals surface area contributed by atoms with Crippen LogP contribution in [0, 0.1) is 33.5 Å². The van der Waals surface area contributed by atoms with Crippen molar-refractivity contribution in [3.63, 3.8) is 0 Å². The van der Waals surface area contributed by atoms with Crippen LogP contribution in [0.2, 0.25) is 0 Å². The molecule has 0 saturated heterocycles. The fraction of sp³-hybridized carbons (Fsp3) is 0.211. The van der Waals surface area contributed by atoms with Crippen molar-refractivity contribution in [3.8, 4) is 5.69 Å². The number of nitrogens with zero attached hydrogens (tertiary/aromatic N) is 3. The third-order valence-corrected chi connectivity index (χ3v) is 4.00. The van der Waals surface area contributed by atoms with Crippen molar-refractivity contribution in [2.45, 2.75) is 27.7 Å². The minimum Gasteiger partial charge on any atom is -0.320 e. The molecule has 0 fully saturated rings. The molecule has 0 aliphatic rings. The van der Waals surface area contributed by atoms with Crippen LogP contribution in [0.4, 0.5) is 10.1 Å². The van der Waals surface area contributed by atoms with Crippen LogP contribution in [0.15, 0.2) is 36.4 Å². The summed E-state index contributed by atoms with van der Waals surface area (Å²) in [6.07, 6.45) is 0. The van der Waals surface area contributed by atoms with E-state index in [2.05, 4.69) is 15.5 Å². The molecular weight excluding hydrogens is 319 g/mol. The van der Waals surface area contributed by atoms with E-state index in [-0.39, 0.29) is 17.4 Å². The lowest BCUT2D eigenvalue weighted by molar-refractivity contribution is 0.102. The number of hydrogen-bond acceptors (Lipinski definition) is 3. The van der Waals surface area contributed by atoms with Crippen LogP contribution < -0.4 is 5.32 Å². The Balaban J connectivity index is 1.90. The first-order valence-electron chi connectivity index (χ1n) is 7.94. The van der Waals surface area contributed by atoms with Crippen molar-refractivity contribution in [1.29, 1.82) is 0 Å². The predicted octanol–water partition coefficient (Wildman–Crippen LogP) is 3.89. The van der Waals surface area contributed by atoms with E-state index < -0.39 is 0 Å². The Kier molecular flexibility index (Phi) is 4.35. The number of nitrogens with one attached hydrogen (secondary N) is 1. The van der Waals surface area contributed by atoms with E-state index in [9.17, 15) is 9.18 Å². The van der Waals surface area contributed by atoms with Crippen molar-refractivity contribution in [2.75, 3.05) is 5.32 Å². The molecule has 1 N–H and O–H groups in total. The Morgan fingerprint density at radius 2 is 1.76 bits per heavy atom. The van der Waals surface area contributed by atoms with E-state index in [1.54, 1.807) is 13.8 Å². The molecule has 25 heavy (non-hydrogen) atoms. The SMILES string of the molecule is Cc1ccc(-n2nc(C)c(C(=O)Nc3ccc(F)cc3C)n2)c(C)c1. The summed E-state index contributed by atoms with van der Waals surface area (Å²) < 4.78 is 13.2. The summed E-state index contributed by atoms with van der Waals surface area (Å²) in [4.78, 5) is 14.0. The molecule has 128 valence electrons. The molecule has 1 amide bonds. The maximum Gasteiger partial charge on any atom is 0.278 e. The second kappa shape index (κ2) is 6.47. The molecule has 0 bridgehead atoms. The smallest absolute Gasteiger partial charge is 0.278 e. The molecule has 0 spiro atoms. The number of carbonyl (C=O) groups is 1. The van der Waals surface area contributed by atoms with Crippen molar-refractivity contribution in [2.24, 2.45) is 0 Å². The summed E-state index contributed by atoms with van der Waals surface area (Å²) >= 11 is 0. The van der Waals surface area contributed by atoms with E-state index in [1.807, 2.05) is 32.0 Å².